The van der Waals surface area contributed by atoms with E-state index < -0.39 is 0 Å². The van der Waals surface area contributed by atoms with E-state index in [0.29, 0.717) is 0 Å². The number of methoxy groups -OCH3 is 1. The lowest BCUT2D eigenvalue weighted by Gasteiger charge is -2.16. The number of ether oxygens (including phenoxy) is 1. The van der Waals surface area contributed by atoms with Crippen LogP contribution in [0.25, 0.3) is 0 Å². The highest BCUT2D eigenvalue weighted by molar-refractivity contribution is 5.46. The topological polar surface area (TPSA) is 24.5 Å². The molecule has 0 amide bonds. The molecule has 0 aliphatic rings. The molecule has 0 spiro atoms. The normalized spacial score (nSPS) is 10.4. The summed E-state index contributed by atoms with van der Waals surface area (Å²) in [7, 11) is 3.82. The third kappa shape index (κ3) is 4.21. The summed E-state index contributed by atoms with van der Waals surface area (Å²) in [4.78, 5) is 2.22. The number of rotatable bonds is 7. The molecule has 0 aliphatic carbocycles. The van der Waals surface area contributed by atoms with Gasteiger partial charge in [-0.25, -0.2) is 0 Å². The average molecular weight is 222 g/mol. The molecule has 0 saturated carbocycles. The van der Waals surface area contributed by atoms with Crippen LogP contribution in [0, 0.1) is 0 Å². The van der Waals surface area contributed by atoms with Gasteiger partial charge in [0, 0.05) is 39.5 Å². The van der Waals surface area contributed by atoms with Crippen LogP contribution < -0.4 is 10.2 Å². The molecule has 0 fully saturated rings. The molecule has 3 heteroatoms. The highest BCUT2D eigenvalue weighted by Gasteiger charge is 1.97. The van der Waals surface area contributed by atoms with E-state index in [-0.39, 0.29) is 0 Å². The van der Waals surface area contributed by atoms with Crippen LogP contribution in [-0.4, -0.2) is 33.9 Å². The van der Waals surface area contributed by atoms with Crippen LogP contribution in [0.5, 0.6) is 0 Å². The second-order valence-electron chi connectivity index (χ2n) is 3.85. The molecule has 1 N–H and O–H groups in total. The Morgan fingerprint density at radius 1 is 1.25 bits per heavy atom. The molecule has 1 aromatic rings. The summed E-state index contributed by atoms with van der Waals surface area (Å²) in [5.41, 5.74) is 2.58. The third-order valence-electron chi connectivity index (χ3n) is 2.66. The Bertz CT molecular complexity index is 284. The van der Waals surface area contributed by atoms with Crippen LogP contribution in [0.4, 0.5) is 5.69 Å². The van der Waals surface area contributed by atoms with Gasteiger partial charge in [0.2, 0.25) is 0 Å². The summed E-state index contributed by atoms with van der Waals surface area (Å²) in [6.45, 7) is 5.74. The molecule has 0 aromatic heterocycles. The van der Waals surface area contributed by atoms with Gasteiger partial charge in [-0.1, -0.05) is 12.1 Å². The maximum absolute atomic E-state index is 4.98. The minimum Gasteiger partial charge on any atom is -0.383 e. The van der Waals surface area contributed by atoms with Crippen molar-refractivity contribution in [1.82, 2.24) is 5.32 Å². The molecule has 0 heterocycles. The van der Waals surface area contributed by atoms with Crippen molar-refractivity contribution in [2.24, 2.45) is 0 Å². The van der Waals surface area contributed by atoms with Crippen molar-refractivity contribution in [1.29, 1.82) is 0 Å². The van der Waals surface area contributed by atoms with Gasteiger partial charge in [-0.15, -0.1) is 0 Å². The zero-order valence-corrected chi connectivity index (χ0v) is 10.5. The molecule has 1 aromatic carbocycles. The van der Waals surface area contributed by atoms with Gasteiger partial charge in [-0.2, -0.15) is 0 Å². The summed E-state index contributed by atoms with van der Waals surface area (Å²) >= 11 is 0. The van der Waals surface area contributed by atoms with Crippen LogP contribution in [0.1, 0.15) is 12.5 Å². The van der Waals surface area contributed by atoms with Crippen LogP contribution in [0.3, 0.4) is 0 Å². The van der Waals surface area contributed by atoms with Crippen LogP contribution in [0.2, 0.25) is 0 Å². The Hall–Kier alpha value is -1.06. The van der Waals surface area contributed by atoms with Gasteiger partial charge in [-0.3, -0.25) is 0 Å². The first-order chi connectivity index (χ1) is 7.77. The second kappa shape index (κ2) is 7.25. The van der Waals surface area contributed by atoms with E-state index in [0.717, 1.165) is 26.2 Å². The Balaban J connectivity index is 2.39. The zero-order chi connectivity index (χ0) is 11.8. The minimum atomic E-state index is 0.761. The first-order valence-electron chi connectivity index (χ1n) is 5.77. The van der Waals surface area contributed by atoms with Crippen molar-refractivity contribution < 1.29 is 4.74 Å². The highest BCUT2D eigenvalue weighted by atomic mass is 16.5. The van der Waals surface area contributed by atoms with Crippen molar-refractivity contribution in [3.8, 4) is 0 Å². The summed E-state index contributed by atoms with van der Waals surface area (Å²) < 4.78 is 4.98. The molecule has 0 radical (unpaired) electrons. The Morgan fingerprint density at radius 2 is 1.94 bits per heavy atom. The van der Waals surface area contributed by atoms with E-state index in [1.54, 1.807) is 7.11 Å². The fourth-order valence-electron chi connectivity index (χ4n) is 1.46. The van der Waals surface area contributed by atoms with E-state index in [1.807, 2.05) is 0 Å². The standard InChI is InChI=1S/C13H22N2O/c1-4-15(2)13-7-5-12(6-8-13)11-14-9-10-16-3/h5-8,14H,4,9-11H2,1-3H3. The largest absolute Gasteiger partial charge is 0.383 e. The first kappa shape index (κ1) is 13.0. The molecule has 0 unspecified atom stereocenters. The van der Waals surface area contributed by atoms with E-state index in [1.165, 1.54) is 11.3 Å². The molecular formula is C13H22N2O. The lowest BCUT2D eigenvalue weighted by molar-refractivity contribution is 0.199. The van der Waals surface area contributed by atoms with Crippen molar-refractivity contribution in [2.75, 3.05) is 38.8 Å². The van der Waals surface area contributed by atoms with Gasteiger partial charge in [0.25, 0.3) is 0 Å². The predicted octanol–water partition coefficient (Wildman–Crippen LogP) is 1.88. The van der Waals surface area contributed by atoms with Crippen LogP contribution >= 0.6 is 0 Å². The first-order valence-corrected chi connectivity index (χ1v) is 5.77. The van der Waals surface area contributed by atoms with Gasteiger partial charge in [0.15, 0.2) is 0 Å². The number of hydrogen-bond acceptors (Lipinski definition) is 3. The molecule has 16 heavy (non-hydrogen) atoms. The smallest absolute Gasteiger partial charge is 0.0587 e. The third-order valence-corrected chi connectivity index (χ3v) is 2.66. The minimum absolute atomic E-state index is 0.761. The molecule has 3 nitrogen and oxygen atoms in total. The summed E-state index contributed by atoms with van der Waals surface area (Å²) in [5.74, 6) is 0. The highest BCUT2D eigenvalue weighted by Crippen LogP contribution is 2.13. The molecule has 90 valence electrons. The Labute approximate surface area is 98.4 Å². The van der Waals surface area contributed by atoms with Gasteiger partial charge >= 0.3 is 0 Å². The van der Waals surface area contributed by atoms with Crippen molar-refractivity contribution in [3.05, 3.63) is 29.8 Å². The van der Waals surface area contributed by atoms with E-state index in [2.05, 4.69) is 48.5 Å². The molecule has 0 bridgehead atoms. The predicted molar refractivity (Wildman–Crippen MR) is 69.0 cm³/mol. The average Bonchev–Trinajstić information content (AvgIpc) is 2.34. The Morgan fingerprint density at radius 3 is 2.50 bits per heavy atom. The Kier molecular flexibility index (Phi) is 5.90. The SMILES string of the molecule is CCN(C)c1ccc(CNCCOC)cc1. The van der Waals surface area contributed by atoms with Crippen LogP contribution in [0.15, 0.2) is 24.3 Å². The van der Waals surface area contributed by atoms with Crippen molar-refractivity contribution >= 4 is 5.69 Å². The van der Waals surface area contributed by atoms with E-state index >= 15 is 0 Å². The molecule has 0 atom stereocenters. The number of hydrogen-bond donors (Lipinski definition) is 1. The van der Waals surface area contributed by atoms with Gasteiger partial charge in [0.1, 0.15) is 0 Å². The quantitative estimate of drug-likeness (QED) is 0.713. The number of nitrogens with zero attached hydrogens (tertiary/aromatic N) is 1. The van der Waals surface area contributed by atoms with E-state index in [9.17, 15) is 0 Å². The van der Waals surface area contributed by atoms with Crippen molar-refractivity contribution in [2.45, 2.75) is 13.5 Å². The number of nitrogens with one attached hydrogen (secondary N) is 1. The van der Waals surface area contributed by atoms with E-state index in [4.69, 9.17) is 4.74 Å². The maximum atomic E-state index is 4.98. The lowest BCUT2D eigenvalue weighted by atomic mass is 10.2. The summed E-state index contributed by atoms with van der Waals surface area (Å²) in [5, 5.41) is 3.33. The molecule has 0 aliphatic heterocycles. The molecule has 0 saturated heterocycles. The van der Waals surface area contributed by atoms with Gasteiger partial charge < -0.3 is 15.0 Å². The maximum Gasteiger partial charge on any atom is 0.0587 e. The zero-order valence-electron chi connectivity index (χ0n) is 10.5. The molecule has 1 rings (SSSR count). The van der Waals surface area contributed by atoms with Gasteiger partial charge in [0.05, 0.1) is 6.61 Å². The van der Waals surface area contributed by atoms with Crippen molar-refractivity contribution in [3.63, 3.8) is 0 Å². The van der Waals surface area contributed by atoms with Crippen LogP contribution in [-0.2, 0) is 11.3 Å². The fraction of sp³-hybridized carbons (Fsp3) is 0.538. The lowest BCUT2D eigenvalue weighted by Crippen LogP contribution is -2.19. The number of benzene rings is 1. The second-order valence-corrected chi connectivity index (χ2v) is 3.85. The summed E-state index contributed by atoms with van der Waals surface area (Å²) in [6.07, 6.45) is 0. The van der Waals surface area contributed by atoms with Gasteiger partial charge in [-0.05, 0) is 24.6 Å². The summed E-state index contributed by atoms with van der Waals surface area (Å²) in [6, 6.07) is 8.66. The number of anilines is 1. The fourth-order valence-corrected chi connectivity index (χ4v) is 1.46. The molecular weight excluding hydrogens is 200 g/mol. The monoisotopic (exact) mass is 222 g/mol.